The molecule has 0 aromatic heterocycles. The van der Waals surface area contributed by atoms with E-state index in [0.29, 0.717) is 11.7 Å². The fourth-order valence-corrected chi connectivity index (χ4v) is 2.84. The minimum absolute atomic E-state index is 0.362. The molecule has 0 heterocycles. The maximum Gasteiger partial charge on any atom is 0.132 e. The quantitative estimate of drug-likeness (QED) is 0.636. The highest BCUT2D eigenvalue weighted by Crippen LogP contribution is 2.27. The number of hydrogen-bond donors (Lipinski definition) is 0. The molecule has 0 saturated heterocycles. The first-order valence-corrected chi connectivity index (χ1v) is 7.11. The Morgan fingerprint density at radius 2 is 1.31 bits per heavy atom. The van der Waals surface area contributed by atoms with Gasteiger partial charge in [-0.3, -0.25) is 4.79 Å². The molecule has 3 unspecified atom stereocenters. The van der Waals surface area contributed by atoms with Gasteiger partial charge in [0.15, 0.2) is 0 Å². The lowest BCUT2D eigenvalue weighted by molar-refractivity contribution is -0.121. The summed E-state index contributed by atoms with van der Waals surface area (Å²) in [4.78, 5) is 11.5. The van der Waals surface area contributed by atoms with Crippen molar-refractivity contribution in [3.05, 3.63) is 0 Å². The Kier molecular flexibility index (Phi) is 6.08. The average molecular weight is 224 g/mol. The van der Waals surface area contributed by atoms with Crippen molar-refractivity contribution in [1.82, 2.24) is 0 Å². The molecular weight excluding hydrogens is 196 g/mol. The molecule has 0 N–H and O–H groups in total. The van der Waals surface area contributed by atoms with Gasteiger partial charge in [-0.15, -0.1) is 0 Å². The van der Waals surface area contributed by atoms with E-state index in [1.54, 1.807) is 6.92 Å². The number of hydrogen-bond acceptors (Lipinski definition) is 1. The summed E-state index contributed by atoms with van der Waals surface area (Å²) < 4.78 is 0. The third-order valence-corrected chi connectivity index (χ3v) is 4.47. The molecule has 3 atom stereocenters. The topological polar surface area (TPSA) is 17.1 Å². The maximum atomic E-state index is 11.5. The van der Waals surface area contributed by atoms with Gasteiger partial charge in [-0.25, -0.2) is 0 Å². The Morgan fingerprint density at radius 3 is 1.94 bits per heavy atom. The van der Waals surface area contributed by atoms with Gasteiger partial charge in [-0.2, -0.15) is 0 Å². The maximum absolute atomic E-state index is 11.5. The van der Waals surface area contributed by atoms with E-state index in [9.17, 15) is 4.79 Å². The number of ketones is 1. The SMILES string of the molecule is CC(=O)C1CCCCCC(C)C(C)CCC1. The molecule has 1 rings (SSSR count). The number of rotatable bonds is 1. The lowest BCUT2D eigenvalue weighted by atomic mass is 9.86. The highest BCUT2D eigenvalue weighted by Gasteiger charge is 2.17. The molecule has 1 nitrogen and oxygen atoms in total. The van der Waals surface area contributed by atoms with Crippen molar-refractivity contribution < 1.29 is 4.79 Å². The Hall–Kier alpha value is -0.330. The highest BCUT2D eigenvalue weighted by molar-refractivity contribution is 5.78. The van der Waals surface area contributed by atoms with Crippen LogP contribution in [0.2, 0.25) is 0 Å². The first-order valence-electron chi connectivity index (χ1n) is 7.11. The van der Waals surface area contributed by atoms with Crippen molar-refractivity contribution in [1.29, 1.82) is 0 Å². The van der Waals surface area contributed by atoms with E-state index in [0.717, 1.165) is 24.7 Å². The molecule has 0 aromatic rings. The molecule has 0 aromatic carbocycles. The van der Waals surface area contributed by atoms with Gasteiger partial charge >= 0.3 is 0 Å². The molecule has 1 heteroatoms. The Bertz CT molecular complexity index is 209. The van der Waals surface area contributed by atoms with Gasteiger partial charge in [-0.1, -0.05) is 52.4 Å². The lowest BCUT2D eigenvalue weighted by Crippen LogP contribution is -2.12. The fourth-order valence-electron chi connectivity index (χ4n) is 2.84. The van der Waals surface area contributed by atoms with Crippen LogP contribution in [0.4, 0.5) is 0 Å². The summed E-state index contributed by atoms with van der Waals surface area (Å²) >= 11 is 0. The molecule has 1 saturated carbocycles. The Labute approximate surface area is 101 Å². The molecular formula is C15H28O. The van der Waals surface area contributed by atoms with E-state index in [2.05, 4.69) is 13.8 Å². The Balaban J connectivity index is 2.46. The van der Waals surface area contributed by atoms with Gasteiger partial charge in [0.25, 0.3) is 0 Å². The zero-order valence-electron chi connectivity index (χ0n) is 11.3. The standard InChI is InChI=1S/C15H28O/c1-12-8-5-4-6-10-15(14(3)16)11-7-9-13(12)2/h12-13,15H,4-11H2,1-3H3. The average Bonchev–Trinajstić information content (AvgIpc) is 2.27. The van der Waals surface area contributed by atoms with Crippen LogP contribution in [0.15, 0.2) is 0 Å². The molecule has 0 spiro atoms. The third-order valence-electron chi connectivity index (χ3n) is 4.47. The van der Waals surface area contributed by atoms with Crippen LogP contribution in [-0.4, -0.2) is 5.78 Å². The molecule has 1 aliphatic rings. The first-order chi connectivity index (χ1) is 7.61. The summed E-state index contributed by atoms with van der Waals surface area (Å²) in [6.07, 6.45) is 10.1. The van der Waals surface area contributed by atoms with Crippen LogP contribution in [0.25, 0.3) is 0 Å². The van der Waals surface area contributed by atoms with Gasteiger partial charge in [0.1, 0.15) is 5.78 Å². The summed E-state index contributed by atoms with van der Waals surface area (Å²) in [7, 11) is 0. The van der Waals surface area contributed by atoms with Gasteiger partial charge in [-0.05, 0) is 31.6 Å². The van der Waals surface area contributed by atoms with Gasteiger partial charge in [0.2, 0.25) is 0 Å². The van der Waals surface area contributed by atoms with Crippen molar-refractivity contribution in [3.63, 3.8) is 0 Å². The van der Waals surface area contributed by atoms with Crippen LogP contribution in [0.1, 0.15) is 72.1 Å². The molecule has 0 aliphatic heterocycles. The molecule has 94 valence electrons. The Morgan fingerprint density at radius 1 is 0.812 bits per heavy atom. The molecule has 0 amide bonds. The summed E-state index contributed by atoms with van der Waals surface area (Å²) in [5.74, 6) is 2.49. The van der Waals surface area contributed by atoms with E-state index in [4.69, 9.17) is 0 Å². The minimum Gasteiger partial charge on any atom is -0.300 e. The van der Waals surface area contributed by atoms with Crippen LogP contribution in [-0.2, 0) is 4.79 Å². The van der Waals surface area contributed by atoms with E-state index >= 15 is 0 Å². The predicted molar refractivity (Wildman–Crippen MR) is 69.4 cm³/mol. The van der Waals surface area contributed by atoms with E-state index in [1.165, 1.54) is 38.5 Å². The summed E-state index contributed by atoms with van der Waals surface area (Å²) in [6, 6.07) is 0. The van der Waals surface area contributed by atoms with Crippen LogP contribution in [0, 0.1) is 17.8 Å². The van der Waals surface area contributed by atoms with Gasteiger partial charge in [0, 0.05) is 5.92 Å². The summed E-state index contributed by atoms with van der Waals surface area (Å²) in [5, 5.41) is 0. The van der Waals surface area contributed by atoms with Crippen LogP contribution >= 0.6 is 0 Å². The molecule has 0 bridgehead atoms. The van der Waals surface area contributed by atoms with Crippen molar-refractivity contribution in [3.8, 4) is 0 Å². The zero-order valence-corrected chi connectivity index (χ0v) is 11.3. The van der Waals surface area contributed by atoms with Gasteiger partial charge < -0.3 is 0 Å². The second-order valence-electron chi connectivity index (χ2n) is 5.83. The van der Waals surface area contributed by atoms with Crippen LogP contribution in [0.5, 0.6) is 0 Å². The molecule has 1 fully saturated rings. The monoisotopic (exact) mass is 224 g/mol. The highest BCUT2D eigenvalue weighted by atomic mass is 16.1. The van der Waals surface area contributed by atoms with E-state index in [-0.39, 0.29) is 0 Å². The molecule has 16 heavy (non-hydrogen) atoms. The van der Waals surface area contributed by atoms with Crippen molar-refractivity contribution in [2.45, 2.75) is 72.1 Å². The molecule has 0 radical (unpaired) electrons. The van der Waals surface area contributed by atoms with Gasteiger partial charge in [0.05, 0.1) is 0 Å². The second-order valence-corrected chi connectivity index (χ2v) is 5.83. The zero-order chi connectivity index (χ0) is 12.0. The predicted octanol–water partition coefficient (Wildman–Crippen LogP) is 4.60. The summed E-state index contributed by atoms with van der Waals surface area (Å²) in [6.45, 7) is 6.55. The number of carbonyl (C=O) groups is 1. The third kappa shape index (κ3) is 4.67. The number of carbonyl (C=O) groups excluding carboxylic acids is 1. The smallest absolute Gasteiger partial charge is 0.132 e. The normalized spacial score (nSPS) is 34.1. The van der Waals surface area contributed by atoms with Crippen LogP contribution < -0.4 is 0 Å². The second kappa shape index (κ2) is 7.09. The van der Waals surface area contributed by atoms with Crippen molar-refractivity contribution in [2.24, 2.45) is 17.8 Å². The largest absolute Gasteiger partial charge is 0.300 e. The molecule has 1 aliphatic carbocycles. The van der Waals surface area contributed by atoms with E-state index in [1.807, 2.05) is 0 Å². The minimum atomic E-state index is 0.362. The fraction of sp³-hybridized carbons (Fsp3) is 0.933. The first kappa shape index (κ1) is 13.7. The van der Waals surface area contributed by atoms with Crippen LogP contribution in [0.3, 0.4) is 0 Å². The summed E-state index contributed by atoms with van der Waals surface area (Å²) in [5.41, 5.74) is 0. The number of Topliss-reactive ketones (excluding diaryl/α,β-unsaturated/α-hetero) is 1. The van der Waals surface area contributed by atoms with Crippen molar-refractivity contribution >= 4 is 5.78 Å². The lowest BCUT2D eigenvalue weighted by Gasteiger charge is -2.19. The van der Waals surface area contributed by atoms with E-state index < -0.39 is 0 Å². The van der Waals surface area contributed by atoms with Crippen molar-refractivity contribution in [2.75, 3.05) is 0 Å².